The minimum atomic E-state index is 0.0726. The Kier molecular flexibility index (Phi) is 5.26. The Labute approximate surface area is 143 Å². The lowest BCUT2D eigenvalue weighted by molar-refractivity contribution is 0.0574. The molecule has 1 N–H and O–H groups in total. The van der Waals surface area contributed by atoms with E-state index in [9.17, 15) is 9.90 Å². The van der Waals surface area contributed by atoms with Gasteiger partial charge < -0.3 is 10.0 Å². The zero-order chi connectivity index (χ0) is 16.9. The molecular weight excluding hydrogens is 300 g/mol. The highest BCUT2D eigenvalue weighted by molar-refractivity contribution is 5.97. The largest absolute Gasteiger partial charge is 0.396 e. The molecule has 0 radical (unpaired) electrons. The van der Waals surface area contributed by atoms with Crippen molar-refractivity contribution < 1.29 is 9.90 Å². The molecule has 1 amide bonds. The first-order chi connectivity index (χ1) is 11.7. The second-order valence-corrected chi connectivity index (χ2v) is 6.35. The number of aromatic nitrogens is 1. The number of benzene rings is 1. The molecule has 4 heteroatoms. The third kappa shape index (κ3) is 3.34. The molecule has 0 spiro atoms. The summed E-state index contributed by atoms with van der Waals surface area (Å²) < 4.78 is 0. The van der Waals surface area contributed by atoms with Crippen molar-refractivity contribution in [3.63, 3.8) is 0 Å². The summed E-state index contributed by atoms with van der Waals surface area (Å²) in [5.41, 5.74) is 3.59. The van der Waals surface area contributed by atoms with Gasteiger partial charge in [-0.3, -0.25) is 9.78 Å². The van der Waals surface area contributed by atoms with E-state index in [0.717, 1.165) is 48.2 Å². The summed E-state index contributed by atoms with van der Waals surface area (Å²) in [7, 11) is 0. The first kappa shape index (κ1) is 16.7. The number of pyridine rings is 1. The number of amides is 1. The van der Waals surface area contributed by atoms with Gasteiger partial charge in [0.15, 0.2) is 0 Å². The minimum absolute atomic E-state index is 0.0726. The van der Waals surface area contributed by atoms with E-state index in [2.05, 4.69) is 4.98 Å². The van der Waals surface area contributed by atoms with Gasteiger partial charge >= 0.3 is 0 Å². The number of carbonyl (C=O) groups excluding carboxylic acids is 1. The van der Waals surface area contributed by atoms with Gasteiger partial charge in [0, 0.05) is 36.5 Å². The lowest BCUT2D eigenvalue weighted by Crippen LogP contribution is -2.44. The second kappa shape index (κ2) is 7.58. The summed E-state index contributed by atoms with van der Waals surface area (Å²) in [6.45, 7) is 2.89. The molecule has 1 aliphatic rings. The van der Waals surface area contributed by atoms with E-state index < -0.39 is 0 Å². The van der Waals surface area contributed by atoms with E-state index in [1.807, 2.05) is 48.2 Å². The maximum atomic E-state index is 13.1. The molecule has 1 fully saturated rings. The summed E-state index contributed by atoms with van der Waals surface area (Å²) in [5.74, 6) is 0.0726. The monoisotopic (exact) mass is 324 g/mol. The fourth-order valence-corrected chi connectivity index (χ4v) is 3.54. The van der Waals surface area contributed by atoms with Crippen LogP contribution in [0.3, 0.4) is 0 Å². The molecule has 1 aromatic heterocycles. The van der Waals surface area contributed by atoms with Crippen LogP contribution >= 0.6 is 0 Å². The molecule has 1 aromatic carbocycles. The van der Waals surface area contributed by atoms with Crippen molar-refractivity contribution >= 4 is 5.91 Å². The van der Waals surface area contributed by atoms with Crippen molar-refractivity contribution in [3.05, 3.63) is 53.7 Å². The summed E-state index contributed by atoms with van der Waals surface area (Å²) in [4.78, 5) is 19.5. The fraction of sp³-hybridized carbons (Fsp3) is 0.400. The number of aliphatic hydroxyl groups is 1. The van der Waals surface area contributed by atoms with Gasteiger partial charge in [-0.05, 0) is 56.4 Å². The summed E-state index contributed by atoms with van der Waals surface area (Å²) in [6.07, 6.45) is 5.56. The van der Waals surface area contributed by atoms with Gasteiger partial charge in [0.05, 0.1) is 5.69 Å². The van der Waals surface area contributed by atoms with Crippen molar-refractivity contribution in [3.8, 4) is 11.3 Å². The van der Waals surface area contributed by atoms with Gasteiger partial charge in [-0.15, -0.1) is 0 Å². The Bertz CT molecular complexity index is 698. The maximum Gasteiger partial charge on any atom is 0.254 e. The second-order valence-electron chi connectivity index (χ2n) is 6.35. The van der Waals surface area contributed by atoms with Crippen LogP contribution in [0.5, 0.6) is 0 Å². The molecule has 24 heavy (non-hydrogen) atoms. The molecule has 3 rings (SSSR count). The number of piperidine rings is 1. The van der Waals surface area contributed by atoms with Gasteiger partial charge in [0.25, 0.3) is 5.91 Å². The van der Waals surface area contributed by atoms with E-state index in [1.165, 1.54) is 0 Å². The van der Waals surface area contributed by atoms with Crippen molar-refractivity contribution in [2.45, 2.75) is 38.6 Å². The SMILES string of the molecule is Cc1c(C(=O)N2CCCCC2CCO)cccc1-c1ccccn1. The van der Waals surface area contributed by atoms with Gasteiger partial charge in [0.1, 0.15) is 0 Å². The fourth-order valence-electron chi connectivity index (χ4n) is 3.54. The maximum absolute atomic E-state index is 13.1. The number of nitrogens with zero attached hydrogens (tertiary/aromatic N) is 2. The molecule has 1 aliphatic heterocycles. The van der Waals surface area contributed by atoms with Crippen LogP contribution < -0.4 is 0 Å². The van der Waals surface area contributed by atoms with Crippen LogP contribution in [0.1, 0.15) is 41.6 Å². The number of rotatable bonds is 4. The molecule has 2 aromatic rings. The van der Waals surface area contributed by atoms with Crippen LogP contribution in [0.25, 0.3) is 11.3 Å². The lowest BCUT2D eigenvalue weighted by atomic mass is 9.95. The quantitative estimate of drug-likeness (QED) is 0.937. The predicted molar refractivity (Wildman–Crippen MR) is 94.8 cm³/mol. The molecule has 1 atom stereocenters. The molecular formula is C20H24N2O2. The molecule has 4 nitrogen and oxygen atoms in total. The summed E-state index contributed by atoms with van der Waals surface area (Å²) in [6, 6.07) is 11.8. The smallest absolute Gasteiger partial charge is 0.254 e. The normalized spacial score (nSPS) is 17.8. The molecule has 0 bridgehead atoms. The van der Waals surface area contributed by atoms with E-state index in [-0.39, 0.29) is 18.6 Å². The number of hydrogen-bond acceptors (Lipinski definition) is 3. The van der Waals surface area contributed by atoms with Gasteiger partial charge in [-0.25, -0.2) is 0 Å². The van der Waals surface area contributed by atoms with E-state index >= 15 is 0 Å². The van der Waals surface area contributed by atoms with Gasteiger partial charge in [0.2, 0.25) is 0 Å². The number of hydrogen-bond donors (Lipinski definition) is 1. The number of aliphatic hydroxyl groups excluding tert-OH is 1. The first-order valence-electron chi connectivity index (χ1n) is 8.65. The zero-order valence-corrected chi connectivity index (χ0v) is 14.1. The lowest BCUT2D eigenvalue weighted by Gasteiger charge is -2.36. The Morgan fingerprint density at radius 3 is 2.88 bits per heavy atom. The third-order valence-corrected chi connectivity index (χ3v) is 4.86. The van der Waals surface area contributed by atoms with Crippen LogP contribution in [0.15, 0.2) is 42.6 Å². The Morgan fingerprint density at radius 2 is 2.12 bits per heavy atom. The molecule has 126 valence electrons. The van der Waals surface area contributed by atoms with Crippen molar-refractivity contribution in [1.82, 2.24) is 9.88 Å². The number of carbonyl (C=O) groups is 1. The number of likely N-dealkylation sites (tertiary alicyclic amines) is 1. The highest BCUT2D eigenvalue weighted by atomic mass is 16.3. The van der Waals surface area contributed by atoms with Crippen molar-refractivity contribution in [2.75, 3.05) is 13.2 Å². The Balaban J connectivity index is 1.93. The Hall–Kier alpha value is -2.20. The minimum Gasteiger partial charge on any atom is -0.396 e. The molecule has 0 saturated carbocycles. The topological polar surface area (TPSA) is 53.4 Å². The van der Waals surface area contributed by atoms with Crippen LogP contribution in [0.2, 0.25) is 0 Å². The Morgan fingerprint density at radius 1 is 1.25 bits per heavy atom. The average Bonchev–Trinajstić information content (AvgIpc) is 2.63. The predicted octanol–water partition coefficient (Wildman–Crippen LogP) is 3.43. The highest BCUT2D eigenvalue weighted by Gasteiger charge is 2.28. The molecule has 1 unspecified atom stereocenters. The van der Waals surface area contributed by atoms with E-state index in [1.54, 1.807) is 6.20 Å². The van der Waals surface area contributed by atoms with E-state index in [4.69, 9.17) is 0 Å². The molecule has 2 heterocycles. The van der Waals surface area contributed by atoms with Crippen molar-refractivity contribution in [2.24, 2.45) is 0 Å². The average molecular weight is 324 g/mol. The van der Waals surface area contributed by atoms with E-state index in [0.29, 0.717) is 6.42 Å². The molecule has 1 saturated heterocycles. The van der Waals surface area contributed by atoms with Crippen molar-refractivity contribution in [1.29, 1.82) is 0 Å². The van der Waals surface area contributed by atoms with Crippen LogP contribution in [0.4, 0.5) is 0 Å². The van der Waals surface area contributed by atoms with Gasteiger partial charge in [-0.2, -0.15) is 0 Å². The third-order valence-electron chi connectivity index (χ3n) is 4.86. The zero-order valence-electron chi connectivity index (χ0n) is 14.1. The highest BCUT2D eigenvalue weighted by Crippen LogP contribution is 2.27. The van der Waals surface area contributed by atoms with Gasteiger partial charge in [-0.1, -0.05) is 18.2 Å². The molecule has 0 aliphatic carbocycles. The first-order valence-corrected chi connectivity index (χ1v) is 8.65. The summed E-state index contributed by atoms with van der Waals surface area (Å²) >= 11 is 0. The van der Waals surface area contributed by atoms with Crippen LogP contribution in [-0.2, 0) is 0 Å². The van der Waals surface area contributed by atoms with Crippen LogP contribution in [0, 0.1) is 6.92 Å². The van der Waals surface area contributed by atoms with Crippen LogP contribution in [-0.4, -0.2) is 40.1 Å². The summed E-state index contributed by atoms with van der Waals surface area (Å²) in [5, 5.41) is 9.29. The standard InChI is InChI=1S/C20H24N2O2/c1-15-17(19-10-2-4-12-21-19)8-6-9-18(15)20(24)22-13-5-3-7-16(22)11-14-23/h2,4,6,8-10,12,16,23H,3,5,7,11,13-14H2,1H3.